The molecule has 3 unspecified atom stereocenters. The van der Waals surface area contributed by atoms with Crippen molar-refractivity contribution in [2.24, 2.45) is 0 Å². The summed E-state index contributed by atoms with van der Waals surface area (Å²) in [6, 6.07) is 5.00. The summed E-state index contributed by atoms with van der Waals surface area (Å²) in [5.41, 5.74) is 1.81. The molecule has 3 aliphatic rings. The Morgan fingerprint density at radius 3 is 2.94 bits per heavy atom. The van der Waals surface area contributed by atoms with Crippen molar-refractivity contribution >= 4 is 27.4 Å². The SMILES string of the molecule is O=C(NC1CCOC1)OC1CCC(c2cc(Nc3ccc4c(c3F)CS(=O)(=O)C4)n[nH]2)C1. The Hall–Kier alpha value is -2.66. The zero-order valence-electron chi connectivity index (χ0n) is 17.4. The molecule has 2 aromatic rings. The maximum absolute atomic E-state index is 14.8. The van der Waals surface area contributed by atoms with E-state index in [1.165, 1.54) is 6.07 Å². The van der Waals surface area contributed by atoms with Crippen molar-refractivity contribution < 1.29 is 27.1 Å². The number of hydrogen-bond acceptors (Lipinski definition) is 7. The normalized spacial score (nSPS) is 26.1. The largest absolute Gasteiger partial charge is 0.446 e. The molecule has 0 bridgehead atoms. The van der Waals surface area contributed by atoms with Crippen LogP contribution in [0, 0.1) is 5.82 Å². The van der Waals surface area contributed by atoms with E-state index in [0.717, 1.165) is 25.0 Å². The van der Waals surface area contributed by atoms with Gasteiger partial charge in [0.2, 0.25) is 0 Å². The van der Waals surface area contributed by atoms with E-state index in [2.05, 4.69) is 20.8 Å². The average Bonchev–Trinajstić information content (AvgIpc) is 3.51. The number of fused-ring (bicyclic) bond motifs is 1. The molecule has 1 aromatic heterocycles. The Morgan fingerprint density at radius 2 is 2.12 bits per heavy atom. The monoisotopic (exact) mass is 464 g/mol. The Labute approximate surface area is 185 Å². The van der Waals surface area contributed by atoms with Gasteiger partial charge in [-0.25, -0.2) is 17.6 Å². The van der Waals surface area contributed by atoms with Crippen LogP contribution in [0.2, 0.25) is 0 Å². The van der Waals surface area contributed by atoms with Gasteiger partial charge in [0.15, 0.2) is 21.5 Å². The minimum Gasteiger partial charge on any atom is -0.446 e. The zero-order chi connectivity index (χ0) is 22.3. The molecule has 1 saturated carbocycles. The number of hydrogen-bond donors (Lipinski definition) is 3. The van der Waals surface area contributed by atoms with Gasteiger partial charge in [0.05, 0.1) is 29.8 Å². The highest BCUT2D eigenvalue weighted by Crippen LogP contribution is 2.37. The summed E-state index contributed by atoms with van der Waals surface area (Å²) >= 11 is 0. The number of amides is 1. The van der Waals surface area contributed by atoms with Gasteiger partial charge in [-0.15, -0.1) is 0 Å². The van der Waals surface area contributed by atoms with E-state index in [1.54, 1.807) is 6.07 Å². The number of carbonyl (C=O) groups is 1. The molecule has 5 rings (SSSR count). The van der Waals surface area contributed by atoms with Crippen LogP contribution in [0.3, 0.4) is 0 Å². The van der Waals surface area contributed by atoms with Crippen molar-refractivity contribution in [1.82, 2.24) is 15.5 Å². The first kappa shape index (κ1) is 21.2. The van der Waals surface area contributed by atoms with Crippen molar-refractivity contribution in [2.75, 3.05) is 18.5 Å². The molecule has 32 heavy (non-hydrogen) atoms. The highest BCUT2D eigenvalue weighted by Gasteiger charge is 2.31. The van der Waals surface area contributed by atoms with Gasteiger partial charge in [0, 0.05) is 29.8 Å². The third kappa shape index (κ3) is 4.44. The standard InChI is InChI=1S/C21H25FN4O5S/c22-20-16-11-32(28,29)10-13(16)2-4-17(20)24-19-8-18(25-26-19)12-1-3-15(7-12)31-21(27)23-14-5-6-30-9-14/h2,4,8,12,14-15H,1,3,5-7,9-11H2,(H,23,27)(H2,24,25,26). The summed E-state index contributed by atoms with van der Waals surface area (Å²) < 4.78 is 49.2. The molecule has 1 aromatic carbocycles. The maximum atomic E-state index is 14.8. The van der Waals surface area contributed by atoms with Crippen molar-refractivity contribution in [1.29, 1.82) is 0 Å². The van der Waals surface area contributed by atoms with Gasteiger partial charge in [-0.1, -0.05) is 6.07 Å². The van der Waals surface area contributed by atoms with Crippen LogP contribution in [0.15, 0.2) is 18.2 Å². The molecule has 3 heterocycles. The second-order valence-electron chi connectivity index (χ2n) is 8.67. The first-order chi connectivity index (χ1) is 15.4. The average molecular weight is 465 g/mol. The lowest BCUT2D eigenvalue weighted by molar-refractivity contribution is 0.0956. The molecule has 2 fully saturated rings. The molecule has 1 saturated heterocycles. The molecule has 2 aliphatic heterocycles. The summed E-state index contributed by atoms with van der Waals surface area (Å²) in [6.07, 6.45) is 2.51. The Morgan fingerprint density at radius 1 is 1.25 bits per heavy atom. The Bertz CT molecular complexity index is 1130. The molecule has 172 valence electrons. The number of rotatable bonds is 5. The van der Waals surface area contributed by atoms with Gasteiger partial charge in [0.25, 0.3) is 0 Å². The van der Waals surface area contributed by atoms with Gasteiger partial charge < -0.3 is 20.1 Å². The summed E-state index contributed by atoms with van der Waals surface area (Å²) in [6.45, 7) is 1.17. The highest BCUT2D eigenvalue weighted by atomic mass is 32.2. The number of aromatic nitrogens is 2. The molecule has 1 amide bonds. The van der Waals surface area contributed by atoms with Crippen molar-refractivity contribution in [3.05, 3.63) is 40.8 Å². The Kier molecular flexibility index (Phi) is 5.54. The number of sulfone groups is 1. The summed E-state index contributed by atoms with van der Waals surface area (Å²) in [5.74, 6) is -0.353. The number of alkyl carbamates (subject to hydrolysis) is 1. The summed E-state index contributed by atoms with van der Waals surface area (Å²) in [7, 11) is -3.28. The fourth-order valence-corrected chi connectivity index (χ4v) is 6.23. The van der Waals surface area contributed by atoms with E-state index < -0.39 is 21.7 Å². The van der Waals surface area contributed by atoms with E-state index in [-0.39, 0.29) is 40.8 Å². The number of benzene rings is 1. The molecular weight excluding hydrogens is 439 g/mol. The molecule has 3 N–H and O–H groups in total. The molecule has 11 heteroatoms. The van der Waals surface area contributed by atoms with E-state index in [1.807, 2.05) is 6.07 Å². The zero-order valence-corrected chi connectivity index (χ0v) is 18.2. The summed E-state index contributed by atoms with van der Waals surface area (Å²) in [5, 5.41) is 13.0. The predicted molar refractivity (Wildman–Crippen MR) is 114 cm³/mol. The lowest BCUT2D eigenvalue weighted by Gasteiger charge is -2.15. The van der Waals surface area contributed by atoms with Crippen LogP contribution in [0.1, 0.15) is 48.4 Å². The lowest BCUT2D eigenvalue weighted by Crippen LogP contribution is -2.37. The van der Waals surface area contributed by atoms with Crippen LogP contribution in [0.4, 0.5) is 20.7 Å². The van der Waals surface area contributed by atoms with Gasteiger partial charge in [0.1, 0.15) is 6.10 Å². The minimum absolute atomic E-state index is 0.0145. The molecule has 9 nitrogen and oxygen atoms in total. The second-order valence-corrected chi connectivity index (χ2v) is 10.7. The Balaban J connectivity index is 1.18. The number of nitrogens with zero attached hydrogens (tertiary/aromatic N) is 1. The van der Waals surface area contributed by atoms with Crippen LogP contribution in [-0.2, 0) is 30.8 Å². The fourth-order valence-electron chi connectivity index (χ4n) is 4.63. The number of H-pyrrole nitrogens is 1. The predicted octanol–water partition coefficient (Wildman–Crippen LogP) is 2.87. The number of anilines is 2. The van der Waals surface area contributed by atoms with Crippen LogP contribution >= 0.6 is 0 Å². The number of halogens is 1. The maximum Gasteiger partial charge on any atom is 0.407 e. The number of aromatic amines is 1. The van der Waals surface area contributed by atoms with Crippen molar-refractivity contribution in [3.63, 3.8) is 0 Å². The minimum atomic E-state index is -3.28. The summed E-state index contributed by atoms with van der Waals surface area (Å²) in [4.78, 5) is 12.1. The highest BCUT2D eigenvalue weighted by molar-refractivity contribution is 7.90. The first-order valence-electron chi connectivity index (χ1n) is 10.7. The molecule has 0 radical (unpaired) electrons. The van der Waals surface area contributed by atoms with Gasteiger partial charge in [-0.3, -0.25) is 5.10 Å². The van der Waals surface area contributed by atoms with E-state index in [4.69, 9.17) is 9.47 Å². The van der Waals surface area contributed by atoms with Crippen LogP contribution in [0.5, 0.6) is 0 Å². The van der Waals surface area contributed by atoms with Crippen LogP contribution in [0.25, 0.3) is 0 Å². The van der Waals surface area contributed by atoms with Crippen molar-refractivity contribution in [3.8, 4) is 0 Å². The number of ether oxygens (including phenoxy) is 2. The van der Waals surface area contributed by atoms with E-state index in [9.17, 15) is 17.6 Å². The fraction of sp³-hybridized carbons (Fsp3) is 0.524. The van der Waals surface area contributed by atoms with Gasteiger partial charge in [-0.05, 0) is 37.3 Å². The molecule has 0 spiro atoms. The van der Waals surface area contributed by atoms with Gasteiger partial charge in [-0.2, -0.15) is 5.10 Å². The quantitative estimate of drug-likeness (QED) is 0.622. The van der Waals surface area contributed by atoms with Crippen molar-refractivity contribution in [2.45, 2.75) is 55.3 Å². The molecular formula is C21H25FN4O5S. The smallest absolute Gasteiger partial charge is 0.407 e. The van der Waals surface area contributed by atoms with Crippen LogP contribution < -0.4 is 10.6 Å². The van der Waals surface area contributed by atoms with Gasteiger partial charge >= 0.3 is 6.09 Å². The number of carbonyl (C=O) groups excluding carboxylic acids is 1. The third-order valence-corrected chi connectivity index (χ3v) is 7.77. The second kappa shape index (κ2) is 8.36. The number of nitrogens with one attached hydrogen (secondary N) is 3. The topological polar surface area (TPSA) is 122 Å². The van der Waals surface area contributed by atoms with E-state index >= 15 is 0 Å². The lowest BCUT2D eigenvalue weighted by atomic mass is 10.0. The third-order valence-electron chi connectivity index (χ3n) is 6.29. The van der Waals surface area contributed by atoms with Crippen LogP contribution in [-0.4, -0.2) is 50.1 Å². The molecule has 1 aliphatic carbocycles. The molecule has 3 atom stereocenters. The van der Waals surface area contributed by atoms with E-state index in [0.29, 0.717) is 31.0 Å². The first-order valence-corrected chi connectivity index (χ1v) is 12.6.